The number of carboxylic acids is 1. The van der Waals surface area contributed by atoms with Crippen molar-refractivity contribution >= 4 is 40.9 Å². The second-order valence-corrected chi connectivity index (χ2v) is 7.28. The number of hydrogen-bond acceptors (Lipinski definition) is 5. The first-order valence-corrected chi connectivity index (χ1v) is 8.61. The fraction of sp³-hybridized carbons (Fsp3) is 0.357. The van der Waals surface area contributed by atoms with E-state index in [-0.39, 0.29) is 29.3 Å². The van der Waals surface area contributed by atoms with E-state index in [9.17, 15) is 19.5 Å². The number of rotatable bonds is 4. The third-order valence-corrected chi connectivity index (χ3v) is 5.89. The first-order valence-electron chi connectivity index (χ1n) is 6.68. The molecule has 0 aliphatic carbocycles. The summed E-state index contributed by atoms with van der Waals surface area (Å²) in [6, 6.07) is 3.09. The van der Waals surface area contributed by atoms with Gasteiger partial charge in [-0.2, -0.15) is 0 Å². The van der Waals surface area contributed by atoms with E-state index >= 15 is 0 Å². The highest BCUT2D eigenvalue weighted by molar-refractivity contribution is 8.00. The van der Waals surface area contributed by atoms with Crippen molar-refractivity contribution in [1.29, 1.82) is 0 Å². The number of nitrogens with one attached hydrogen (secondary N) is 1. The van der Waals surface area contributed by atoms with Gasteiger partial charge in [0.1, 0.15) is 17.1 Å². The van der Waals surface area contributed by atoms with Gasteiger partial charge in [0.25, 0.3) is 5.91 Å². The molecule has 3 rings (SSSR count). The molecule has 116 valence electrons. The van der Waals surface area contributed by atoms with Gasteiger partial charge >= 0.3 is 5.97 Å². The van der Waals surface area contributed by atoms with Gasteiger partial charge in [0.15, 0.2) is 0 Å². The van der Waals surface area contributed by atoms with Gasteiger partial charge in [0.05, 0.1) is 6.42 Å². The zero-order valence-corrected chi connectivity index (χ0v) is 13.4. The van der Waals surface area contributed by atoms with Crippen molar-refractivity contribution in [2.75, 3.05) is 5.75 Å². The fourth-order valence-electron chi connectivity index (χ4n) is 2.57. The molecule has 6 nitrogen and oxygen atoms in total. The van der Waals surface area contributed by atoms with Crippen LogP contribution in [-0.4, -0.2) is 45.0 Å². The molecule has 1 fully saturated rings. The highest BCUT2D eigenvalue weighted by atomic mass is 32.2. The van der Waals surface area contributed by atoms with Crippen LogP contribution in [0.2, 0.25) is 0 Å². The third kappa shape index (κ3) is 2.52. The molecule has 0 unspecified atom stereocenters. The maximum atomic E-state index is 12.2. The molecule has 1 aromatic rings. The fourth-order valence-corrected chi connectivity index (χ4v) is 4.57. The van der Waals surface area contributed by atoms with E-state index in [1.54, 1.807) is 6.92 Å². The number of hydrogen-bond donors (Lipinski definition) is 2. The van der Waals surface area contributed by atoms with Crippen LogP contribution in [0.1, 0.15) is 11.8 Å². The lowest BCUT2D eigenvalue weighted by Crippen LogP contribution is -2.70. The lowest BCUT2D eigenvalue weighted by molar-refractivity contribution is -0.150. The van der Waals surface area contributed by atoms with Crippen molar-refractivity contribution < 1.29 is 19.5 Å². The molecule has 22 heavy (non-hydrogen) atoms. The second kappa shape index (κ2) is 5.77. The predicted octanol–water partition coefficient (Wildman–Crippen LogP) is 1.05. The Kier molecular flexibility index (Phi) is 3.96. The molecule has 8 heteroatoms. The van der Waals surface area contributed by atoms with Crippen molar-refractivity contribution in [2.24, 2.45) is 0 Å². The summed E-state index contributed by atoms with van der Waals surface area (Å²) in [5, 5.41) is 13.5. The van der Waals surface area contributed by atoms with E-state index in [0.29, 0.717) is 11.3 Å². The Hall–Kier alpha value is -1.80. The Morgan fingerprint density at radius 2 is 2.27 bits per heavy atom. The molecule has 1 aromatic heterocycles. The van der Waals surface area contributed by atoms with Crippen LogP contribution in [0.5, 0.6) is 0 Å². The number of amides is 2. The minimum atomic E-state index is -1.10. The van der Waals surface area contributed by atoms with Crippen molar-refractivity contribution in [3.8, 4) is 0 Å². The summed E-state index contributed by atoms with van der Waals surface area (Å²) < 4.78 is 0. The van der Waals surface area contributed by atoms with Crippen LogP contribution in [0.15, 0.2) is 28.8 Å². The number of thiophene rings is 1. The standard InChI is InChI=1S/C14H14N2O4S2/c1-7-6-22-13-10(12(18)16(13)11(7)14(19)20)15-9(17)5-8-3-2-4-21-8/h2-4,10,13H,5-6H2,1H3,(H,15,17)(H,19,20)/t10-,13-/m1/s1. The highest BCUT2D eigenvalue weighted by Gasteiger charge is 2.53. The molecule has 2 amide bonds. The van der Waals surface area contributed by atoms with Crippen LogP contribution < -0.4 is 5.32 Å². The van der Waals surface area contributed by atoms with Crippen LogP contribution >= 0.6 is 23.1 Å². The summed E-state index contributed by atoms with van der Waals surface area (Å²) in [6.07, 6.45) is 0.236. The van der Waals surface area contributed by atoms with Gasteiger partial charge in [-0.05, 0) is 23.9 Å². The highest BCUT2D eigenvalue weighted by Crippen LogP contribution is 2.40. The monoisotopic (exact) mass is 338 g/mol. The molecular weight excluding hydrogens is 324 g/mol. The summed E-state index contributed by atoms with van der Waals surface area (Å²) in [5.74, 6) is -1.12. The van der Waals surface area contributed by atoms with Crippen molar-refractivity contribution in [2.45, 2.75) is 24.8 Å². The number of carbonyl (C=O) groups is 3. The summed E-state index contributed by atoms with van der Waals surface area (Å²) in [5.41, 5.74) is 0.725. The molecule has 1 saturated heterocycles. The van der Waals surface area contributed by atoms with E-state index in [1.807, 2.05) is 17.5 Å². The molecule has 2 atom stereocenters. The lowest BCUT2D eigenvalue weighted by atomic mass is 10.0. The van der Waals surface area contributed by atoms with Crippen molar-refractivity contribution in [3.63, 3.8) is 0 Å². The number of nitrogens with zero attached hydrogens (tertiary/aromatic N) is 1. The Labute approximate surface area is 135 Å². The first-order chi connectivity index (χ1) is 10.5. The molecule has 2 aliphatic rings. The Morgan fingerprint density at radius 1 is 1.50 bits per heavy atom. The lowest BCUT2D eigenvalue weighted by Gasteiger charge is -2.49. The van der Waals surface area contributed by atoms with E-state index in [0.717, 1.165) is 4.88 Å². The third-order valence-electron chi connectivity index (χ3n) is 3.59. The van der Waals surface area contributed by atoms with Gasteiger partial charge in [-0.25, -0.2) is 4.79 Å². The van der Waals surface area contributed by atoms with Crippen LogP contribution in [-0.2, 0) is 20.8 Å². The molecular formula is C14H14N2O4S2. The number of carboxylic acid groups (broad SMARTS) is 1. The number of fused-ring (bicyclic) bond motifs is 1. The quantitative estimate of drug-likeness (QED) is 0.802. The van der Waals surface area contributed by atoms with Gasteiger partial charge < -0.3 is 10.4 Å². The van der Waals surface area contributed by atoms with E-state index < -0.39 is 12.0 Å². The molecule has 0 bridgehead atoms. The van der Waals surface area contributed by atoms with Crippen LogP contribution in [0, 0.1) is 0 Å². The van der Waals surface area contributed by atoms with E-state index in [1.165, 1.54) is 28.0 Å². The first kappa shape index (κ1) is 15.1. The maximum Gasteiger partial charge on any atom is 0.352 e. The van der Waals surface area contributed by atoms with Gasteiger partial charge in [-0.1, -0.05) is 6.07 Å². The number of β-lactam (4-membered cyclic amide) rings is 1. The predicted molar refractivity (Wildman–Crippen MR) is 83.4 cm³/mol. The average molecular weight is 338 g/mol. The zero-order chi connectivity index (χ0) is 15.9. The maximum absolute atomic E-state index is 12.2. The van der Waals surface area contributed by atoms with Crippen LogP contribution in [0.25, 0.3) is 0 Å². The molecule has 2 aliphatic heterocycles. The molecule has 0 radical (unpaired) electrons. The smallest absolute Gasteiger partial charge is 0.352 e. The van der Waals surface area contributed by atoms with Gasteiger partial charge in [0.2, 0.25) is 5.91 Å². The minimum absolute atomic E-state index is 0.0532. The van der Waals surface area contributed by atoms with Crippen molar-refractivity contribution in [1.82, 2.24) is 10.2 Å². The van der Waals surface area contributed by atoms with Gasteiger partial charge in [0, 0.05) is 10.6 Å². The summed E-state index contributed by atoms with van der Waals surface area (Å²) in [7, 11) is 0. The number of thioether (sulfide) groups is 1. The van der Waals surface area contributed by atoms with Crippen LogP contribution in [0.4, 0.5) is 0 Å². The molecule has 3 heterocycles. The average Bonchev–Trinajstić information content (AvgIpc) is 2.97. The van der Waals surface area contributed by atoms with Crippen molar-refractivity contribution in [3.05, 3.63) is 33.7 Å². The van der Waals surface area contributed by atoms with Crippen LogP contribution in [0.3, 0.4) is 0 Å². The zero-order valence-electron chi connectivity index (χ0n) is 11.7. The topological polar surface area (TPSA) is 86.7 Å². The Bertz CT molecular complexity index is 668. The van der Waals surface area contributed by atoms with E-state index in [2.05, 4.69) is 5.32 Å². The summed E-state index contributed by atoms with van der Waals surface area (Å²) in [4.78, 5) is 37.7. The molecule has 0 aromatic carbocycles. The van der Waals surface area contributed by atoms with E-state index in [4.69, 9.17) is 0 Å². The van der Waals surface area contributed by atoms with Gasteiger partial charge in [-0.3, -0.25) is 14.5 Å². The largest absolute Gasteiger partial charge is 0.477 e. The number of aliphatic carboxylic acids is 1. The number of carbonyl (C=O) groups excluding carboxylic acids is 2. The van der Waals surface area contributed by atoms with Gasteiger partial charge in [-0.15, -0.1) is 23.1 Å². The summed E-state index contributed by atoms with van der Waals surface area (Å²) in [6.45, 7) is 1.71. The summed E-state index contributed by atoms with van der Waals surface area (Å²) >= 11 is 2.96. The minimum Gasteiger partial charge on any atom is -0.477 e. The molecule has 0 saturated carbocycles. The SMILES string of the molecule is CC1=C(C(=O)O)N2C(=O)[C@@H](NC(=O)Cc3cccs3)[C@H]2SC1. The molecule has 2 N–H and O–H groups in total. The molecule has 0 spiro atoms. The Balaban J connectivity index is 1.68. The second-order valence-electron chi connectivity index (χ2n) is 5.15. The Morgan fingerprint density at radius 3 is 2.91 bits per heavy atom. The normalized spacial score (nSPS) is 23.9.